The van der Waals surface area contributed by atoms with Crippen LogP contribution in [0.4, 0.5) is 0 Å². The molecule has 0 bridgehead atoms. The summed E-state index contributed by atoms with van der Waals surface area (Å²) in [5, 5.41) is 0. The van der Waals surface area contributed by atoms with Gasteiger partial charge in [0.2, 0.25) is 0 Å². The molecule has 1 atom stereocenters. The zero-order chi connectivity index (χ0) is 55.7. The van der Waals surface area contributed by atoms with Crippen LogP contribution >= 0.6 is 0 Å². The minimum Gasteiger partial charge on any atom is -0.462 e. The average Bonchev–Trinajstić information content (AvgIpc) is 3.43. The fraction of sp³-hybridized carbons (Fsp3) is 0.507. The minimum atomic E-state index is -0.841. The molecular weight excluding hydrogens is 949 g/mol. The predicted molar refractivity (Wildman–Crippen MR) is 334 cm³/mol. The van der Waals surface area contributed by atoms with Crippen LogP contribution in [0.1, 0.15) is 213 Å². The van der Waals surface area contributed by atoms with E-state index in [1.54, 1.807) is 0 Å². The fourth-order valence-electron chi connectivity index (χ4n) is 7.20. The molecule has 0 N–H and O–H groups in total. The van der Waals surface area contributed by atoms with Gasteiger partial charge in [0.15, 0.2) is 6.10 Å². The Morgan fingerprint density at radius 1 is 0.273 bits per heavy atom. The highest BCUT2D eigenvalue weighted by Crippen LogP contribution is 2.11. The van der Waals surface area contributed by atoms with Crippen LogP contribution in [-0.2, 0) is 28.6 Å². The number of hydrogen-bond acceptors (Lipinski definition) is 6. The highest BCUT2D eigenvalue weighted by atomic mass is 16.6. The zero-order valence-electron chi connectivity index (χ0n) is 48.6. The van der Waals surface area contributed by atoms with E-state index < -0.39 is 12.1 Å². The van der Waals surface area contributed by atoms with Crippen LogP contribution in [0.25, 0.3) is 0 Å². The summed E-state index contributed by atoms with van der Waals surface area (Å²) < 4.78 is 16.7. The quantitative estimate of drug-likeness (QED) is 0.0261. The van der Waals surface area contributed by atoms with Crippen LogP contribution in [-0.4, -0.2) is 37.2 Å². The van der Waals surface area contributed by atoms with E-state index in [4.69, 9.17) is 14.2 Å². The number of carbonyl (C=O) groups is 3. The van der Waals surface area contributed by atoms with Crippen LogP contribution in [0, 0.1) is 0 Å². The summed E-state index contributed by atoms with van der Waals surface area (Å²) in [6, 6.07) is 0. The maximum Gasteiger partial charge on any atom is 0.306 e. The number of carbonyl (C=O) groups excluding carboxylic acids is 3. The van der Waals surface area contributed by atoms with E-state index in [2.05, 4.69) is 215 Å². The molecular formula is C71H106O6. The number of ether oxygens (including phenoxy) is 3. The second-order valence-electron chi connectivity index (χ2n) is 18.8. The SMILES string of the molecule is CC/C=C\C/C=C\C/C=C\C/C=C\C/C=C\C/C=C\C/C=C\C/C=C\C/C=C\CCCC(=O)OCC(COC(=O)CCCCCCCCC)OC(=O)CCC/C=C\C/C=C\C/C=C\C/C=C\C/C=C\C/C=C\C/C=C\CC. The number of unbranched alkanes of at least 4 members (excludes halogenated alkanes) is 8. The Hall–Kier alpha value is -5.75. The van der Waals surface area contributed by atoms with Gasteiger partial charge in [0.05, 0.1) is 0 Å². The highest BCUT2D eigenvalue weighted by molar-refractivity contribution is 5.71. The summed E-state index contributed by atoms with van der Waals surface area (Å²) in [6.07, 6.45) is 96.0. The third-order valence-electron chi connectivity index (χ3n) is 11.6. The van der Waals surface area contributed by atoms with Crippen LogP contribution in [0.5, 0.6) is 0 Å². The lowest BCUT2D eigenvalue weighted by Gasteiger charge is -2.18. The van der Waals surface area contributed by atoms with E-state index in [9.17, 15) is 14.4 Å². The van der Waals surface area contributed by atoms with Crippen molar-refractivity contribution in [1.29, 1.82) is 0 Å². The normalized spacial score (nSPS) is 13.5. The molecule has 0 aromatic rings. The fourth-order valence-corrected chi connectivity index (χ4v) is 7.20. The molecule has 0 saturated heterocycles. The van der Waals surface area contributed by atoms with Crippen molar-refractivity contribution < 1.29 is 28.6 Å². The molecule has 0 saturated carbocycles. The number of hydrogen-bond donors (Lipinski definition) is 0. The molecule has 0 rings (SSSR count). The summed E-state index contributed by atoms with van der Waals surface area (Å²) in [5.74, 6) is -1.07. The molecule has 1 unspecified atom stereocenters. The smallest absolute Gasteiger partial charge is 0.306 e. The lowest BCUT2D eigenvalue weighted by Crippen LogP contribution is -2.30. The van der Waals surface area contributed by atoms with Gasteiger partial charge in [-0.2, -0.15) is 0 Å². The molecule has 0 aliphatic heterocycles. The molecule has 6 heteroatoms. The molecule has 0 heterocycles. The number of allylic oxidation sites excluding steroid dienone is 32. The van der Waals surface area contributed by atoms with E-state index in [0.717, 1.165) is 135 Å². The Balaban J connectivity index is 4.43. The van der Waals surface area contributed by atoms with Gasteiger partial charge in [0.25, 0.3) is 0 Å². The van der Waals surface area contributed by atoms with Crippen LogP contribution in [0.3, 0.4) is 0 Å². The monoisotopic (exact) mass is 1050 g/mol. The van der Waals surface area contributed by atoms with Crippen molar-refractivity contribution in [3.05, 3.63) is 194 Å². The molecule has 0 aromatic heterocycles. The van der Waals surface area contributed by atoms with Crippen molar-refractivity contribution in [1.82, 2.24) is 0 Å². The molecule has 0 aliphatic carbocycles. The van der Waals surface area contributed by atoms with E-state index >= 15 is 0 Å². The standard InChI is InChI=1S/C71H106O6/c1-4-7-10-13-16-18-20-22-24-26-28-30-32-33-34-35-36-37-39-40-42-44-46-48-50-52-55-58-61-64-70(73)76-67-68(66-75-69(72)63-60-57-54-15-12-9-6-3)77-71(74)65-62-59-56-53-51-49-47-45-43-41-38-31-29-27-25-23-21-19-17-14-11-8-5-2/h7-8,10-11,16-19,22-25,28-31,33-34,36-37,40-43,46-49,52-53,55-56,68H,4-6,9,12-15,20-21,26-27,32,35,38-39,44-45,50-51,54,57-67H2,1-3H3/b10-7-,11-8-,18-16-,19-17-,24-22-,25-23-,30-28-,31-29-,34-33-,37-36-,42-40-,43-41-,48-46-,49-47-,55-52-,56-53-. The van der Waals surface area contributed by atoms with Gasteiger partial charge in [-0.25, -0.2) is 0 Å². The molecule has 0 radical (unpaired) electrons. The summed E-state index contributed by atoms with van der Waals surface area (Å²) >= 11 is 0. The van der Waals surface area contributed by atoms with Gasteiger partial charge < -0.3 is 14.2 Å². The van der Waals surface area contributed by atoms with E-state index in [1.165, 1.54) is 25.7 Å². The molecule has 77 heavy (non-hydrogen) atoms. The maximum absolute atomic E-state index is 12.8. The first-order valence-corrected chi connectivity index (χ1v) is 29.9. The molecule has 426 valence electrons. The summed E-state index contributed by atoms with van der Waals surface area (Å²) in [6.45, 7) is 6.24. The summed E-state index contributed by atoms with van der Waals surface area (Å²) in [7, 11) is 0. The highest BCUT2D eigenvalue weighted by Gasteiger charge is 2.19. The van der Waals surface area contributed by atoms with Crippen LogP contribution in [0.15, 0.2) is 194 Å². The maximum atomic E-state index is 12.8. The van der Waals surface area contributed by atoms with Gasteiger partial charge in [-0.05, 0) is 135 Å². The summed E-state index contributed by atoms with van der Waals surface area (Å²) in [4.78, 5) is 38.0. The summed E-state index contributed by atoms with van der Waals surface area (Å²) in [5.41, 5.74) is 0. The molecule has 0 aromatic carbocycles. The number of esters is 3. The van der Waals surface area contributed by atoms with Gasteiger partial charge in [-0.15, -0.1) is 0 Å². The van der Waals surface area contributed by atoms with Crippen LogP contribution in [0.2, 0.25) is 0 Å². The average molecular weight is 1060 g/mol. The Kier molecular flexibility index (Phi) is 58.1. The molecule has 0 amide bonds. The third kappa shape index (κ3) is 61.0. The number of rotatable bonds is 51. The molecule has 0 spiro atoms. The second-order valence-corrected chi connectivity index (χ2v) is 18.8. The van der Waals surface area contributed by atoms with Crippen molar-refractivity contribution in [3.63, 3.8) is 0 Å². The molecule has 6 nitrogen and oxygen atoms in total. The van der Waals surface area contributed by atoms with Crippen molar-refractivity contribution in [3.8, 4) is 0 Å². The van der Waals surface area contributed by atoms with Crippen LogP contribution < -0.4 is 0 Å². The first-order valence-electron chi connectivity index (χ1n) is 29.9. The predicted octanol–water partition coefficient (Wildman–Crippen LogP) is 20.6. The van der Waals surface area contributed by atoms with Gasteiger partial charge in [-0.1, -0.05) is 254 Å². The second kappa shape index (κ2) is 62.8. The van der Waals surface area contributed by atoms with E-state index in [-0.39, 0.29) is 38.0 Å². The topological polar surface area (TPSA) is 78.9 Å². The van der Waals surface area contributed by atoms with Gasteiger partial charge in [-0.3, -0.25) is 14.4 Å². The van der Waals surface area contributed by atoms with Crippen molar-refractivity contribution in [2.24, 2.45) is 0 Å². The minimum absolute atomic E-state index is 0.129. The lowest BCUT2D eigenvalue weighted by molar-refractivity contribution is -0.167. The van der Waals surface area contributed by atoms with E-state index in [0.29, 0.717) is 19.3 Å². The zero-order valence-corrected chi connectivity index (χ0v) is 48.6. The van der Waals surface area contributed by atoms with Gasteiger partial charge >= 0.3 is 17.9 Å². The Morgan fingerprint density at radius 2 is 0.506 bits per heavy atom. The van der Waals surface area contributed by atoms with E-state index in [1.807, 2.05) is 0 Å². The van der Waals surface area contributed by atoms with Gasteiger partial charge in [0, 0.05) is 19.3 Å². The van der Waals surface area contributed by atoms with Gasteiger partial charge in [0.1, 0.15) is 13.2 Å². The van der Waals surface area contributed by atoms with Crippen molar-refractivity contribution in [2.45, 2.75) is 219 Å². The Labute approximate surface area is 471 Å². The largest absolute Gasteiger partial charge is 0.462 e. The van der Waals surface area contributed by atoms with Crippen molar-refractivity contribution >= 4 is 17.9 Å². The first-order chi connectivity index (χ1) is 38.0. The first kappa shape index (κ1) is 71.2. The van der Waals surface area contributed by atoms with Crippen molar-refractivity contribution in [2.75, 3.05) is 13.2 Å². The Morgan fingerprint density at radius 3 is 0.792 bits per heavy atom. The lowest BCUT2D eigenvalue weighted by atomic mass is 10.1. The molecule has 0 aliphatic rings. The Bertz CT molecular complexity index is 1880. The molecule has 0 fully saturated rings. The third-order valence-corrected chi connectivity index (χ3v) is 11.6.